The molecule has 1 amide bonds. The third-order valence-corrected chi connectivity index (χ3v) is 5.27. The monoisotopic (exact) mass is 420 g/mol. The van der Waals surface area contributed by atoms with Crippen molar-refractivity contribution in [1.29, 1.82) is 0 Å². The lowest BCUT2D eigenvalue weighted by Crippen LogP contribution is -2.08. The molecule has 7 nitrogen and oxygen atoms in total. The Morgan fingerprint density at radius 3 is 2.75 bits per heavy atom. The van der Waals surface area contributed by atoms with Crippen LogP contribution in [0.1, 0.15) is 0 Å². The van der Waals surface area contributed by atoms with Crippen LogP contribution in [0.5, 0.6) is 0 Å². The van der Waals surface area contributed by atoms with Crippen LogP contribution >= 0.6 is 0 Å². The minimum Gasteiger partial charge on any atom is -0.350 e. The number of rotatable bonds is 5. The first kappa shape index (κ1) is 19.4. The van der Waals surface area contributed by atoms with Crippen LogP contribution in [0.25, 0.3) is 33.1 Å². The van der Waals surface area contributed by atoms with Gasteiger partial charge in [-0.15, -0.1) is 0 Å². The fourth-order valence-electron chi connectivity index (χ4n) is 3.76. The van der Waals surface area contributed by atoms with E-state index in [1.165, 1.54) is 6.08 Å². The van der Waals surface area contributed by atoms with Gasteiger partial charge in [-0.2, -0.15) is 0 Å². The molecule has 156 valence electrons. The van der Waals surface area contributed by atoms with Crippen molar-refractivity contribution >= 4 is 45.0 Å². The van der Waals surface area contributed by atoms with Gasteiger partial charge in [0.2, 0.25) is 11.9 Å². The second-order valence-electron chi connectivity index (χ2n) is 7.35. The van der Waals surface area contributed by atoms with Crippen LogP contribution in [0.3, 0.4) is 0 Å². The smallest absolute Gasteiger partial charge is 0.247 e. The van der Waals surface area contributed by atoms with Gasteiger partial charge in [-0.05, 0) is 42.5 Å². The summed E-state index contributed by atoms with van der Waals surface area (Å²) in [6.45, 7) is 3.51. The molecule has 0 unspecified atom stereocenters. The minimum absolute atomic E-state index is 0.276. The van der Waals surface area contributed by atoms with E-state index in [0.29, 0.717) is 11.6 Å². The van der Waals surface area contributed by atoms with Gasteiger partial charge in [0.15, 0.2) is 0 Å². The van der Waals surface area contributed by atoms with E-state index in [4.69, 9.17) is 4.98 Å². The quantitative estimate of drug-likeness (QED) is 0.389. The number of aromatic nitrogens is 4. The van der Waals surface area contributed by atoms with E-state index in [2.05, 4.69) is 50.1 Å². The Balaban J connectivity index is 1.50. The average molecular weight is 420 g/mol. The van der Waals surface area contributed by atoms with Gasteiger partial charge in [0.05, 0.1) is 16.9 Å². The highest BCUT2D eigenvalue weighted by atomic mass is 16.1. The summed E-state index contributed by atoms with van der Waals surface area (Å²) in [7, 11) is 2.03. The number of anilines is 3. The van der Waals surface area contributed by atoms with Crippen molar-refractivity contribution in [3.63, 3.8) is 0 Å². The lowest BCUT2D eigenvalue weighted by molar-refractivity contribution is -0.111. The van der Waals surface area contributed by atoms with E-state index in [1.807, 2.05) is 43.4 Å². The summed E-state index contributed by atoms with van der Waals surface area (Å²) in [6.07, 6.45) is 6.71. The average Bonchev–Trinajstić information content (AvgIpc) is 3.16. The van der Waals surface area contributed by atoms with E-state index in [9.17, 15) is 4.79 Å². The number of carbonyl (C=O) groups excluding carboxylic acids is 1. The fraction of sp³-hybridized carbons (Fsp3) is 0.0400. The number of pyridine rings is 1. The van der Waals surface area contributed by atoms with Gasteiger partial charge in [-0.3, -0.25) is 9.78 Å². The zero-order chi connectivity index (χ0) is 22.1. The molecule has 32 heavy (non-hydrogen) atoms. The molecule has 0 saturated carbocycles. The van der Waals surface area contributed by atoms with Crippen molar-refractivity contribution in [3.8, 4) is 11.3 Å². The first-order valence-corrected chi connectivity index (χ1v) is 10.1. The fourth-order valence-corrected chi connectivity index (χ4v) is 3.76. The third-order valence-electron chi connectivity index (χ3n) is 5.27. The Morgan fingerprint density at radius 1 is 1.03 bits per heavy atom. The summed E-state index contributed by atoms with van der Waals surface area (Å²) in [6, 6.07) is 17.6. The van der Waals surface area contributed by atoms with Gasteiger partial charge in [-0.1, -0.05) is 24.8 Å². The molecule has 0 aliphatic rings. The molecule has 0 saturated heterocycles. The number of nitrogens with one attached hydrogen (secondary N) is 2. The molecule has 3 aromatic heterocycles. The number of hydrogen-bond acceptors (Lipinski definition) is 5. The maximum Gasteiger partial charge on any atom is 0.247 e. The lowest BCUT2D eigenvalue weighted by Gasteiger charge is -2.10. The number of benzene rings is 2. The summed E-state index contributed by atoms with van der Waals surface area (Å²) in [5.41, 5.74) is 5.24. The van der Waals surface area contributed by atoms with Gasteiger partial charge in [0.1, 0.15) is 0 Å². The van der Waals surface area contributed by atoms with E-state index >= 15 is 0 Å². The van der Waals surface area contributed by atoms with Crippen LogP contribution in [-0.4, -0.2) is 25.4 Å². The Bertz CT molecular complexity index is 1490. The molecular formula is C25H20N6O. The third kappa shape index (κ3) is 3.56. The van der Waals surface area contributed by atoms with Crippen LogP contribution < -0.4 is 10.6 Å². The zero-order valence-electron chi connectivity index (χ0n) is 17.4. The SMILES string of the molecule is C=CC(=O)Nc1ccnc2ccc(Nc3nccc(-c4cn(C)c5ccccc45)n3)cc12. The maximum absolute atomic E-state index is 11.8. The zero-order valence-corrected chi connectivity index (χ0v) is 17.4. The van der Waals surface area contributed by atoms with Crippen LogP contribution in [0.2, 0.25) is 0 Å². The molecule has 0 aliphatic carbocycles. The van der Waals surface area contributed by atoms with Crippen molar-refractivity contribution in [2.75, 3.05) is 10.6 Å². The highest BCUT2D eigenvalue weighted by molar-refractivity contribution is 6.05. The summed E-state index contributed by atoms with van der Waals surface area (Å²) >= 11 is 0. The van der Waals surface area contributed by atoms with E-state index in [1.54, 1.807) is 18.5 Å². The van der Waals surface area contributed by atoms with Crippen molar-refractivity contribution in [3.05, 3.63) is 85.8 Å². The molecule has 3 heterocycles. The number of amides is 1. The largest absolute Gasteiger partial charge is 0.350 e. The topological polar surface area (TPSA) is 84.7 Å². The summed E-state index contributed by atoms with van der Waals surface area (Å²) in [5.74, 6) is 0.206. The number of fused-ring (bicyclic) bond motifs is 2. The molecule has 0 spiro atoms. The van der Waals surface area contributed by atoms with Gasteiger partial charge in [-0.25, -0.2) is 9.97 Å². The van der Waals surface area contributed by atoms with Crippen LogP contribution in [0.4, 0.5) is 17.3 Å². The Morgan fingerprint density at radius 2 is 1.88 bits per heavy atom. The molecule has 5 rings (SSSR count). The predicted molar refractivity (Wildman–Crippen MR) is 128 cm³/mol. The molecule has 5 aromatic rings. The summed E-state index contributed by atoms with van der Waals surface area (Å²) < 4.78 is 2.09. The summed E-state index contributed by atoms with van der Waals surface area (Å²) in [5, 5.41) is 8.02. The second kappa shape index (κ2) is 7.96. The highest BCUT2D eigenvalue weighted by Crippen LogP contribution is 2.30. The standard InChI is InChI=1S/C25H20N6O/c1-3-24(32)29-21-10-12-26-20-9-8-16(14-18(20)21)28-25-27-13-11-22(30-25)19-15-31(2)23-7-5-4-6-17(19)23/h3-15H,1H2,2H3,(H,26,29,32)(H,27,28,30). The first-order chi connectivity index (χ1) is 15.6. The Labute approximate surface area is 184 Å². The molecule has 0 bridgehead atoms. The Hall–Kier alpha value is -4.52. The van der Waals surface area contributed by atoms with Crippen molar-refractivity contribution in [1.82, 2.24) is 19.5 Å². The van der Waals surface area contributed by atoms with Crippen LogP contribution in [0, 0.1) is 0 Å². The van der Waals surface area contributed by atoms with Crippen LogP contribution in [-0.2, 0) is 11.8 Å². The van der Waals surface area contributed by atoms with Gasteiger partial charge in [0.25, 0.3) is 0 Å². The van der Waals surface area contributed by atoms with Crippen molar-refractivity contribution in [2.45, 2.75) is 0 Å². The Kier molecular flexibility index (Phi) is 4.84. The highest BCUT2D eigenvalue weighted by Gasteiger charge is 2.11. The van der Waals surface area contributed by atoms with Gasteiger partial charge < -0.3 is 15.2 Å². The number of carbonyl (C=O) groups is 1. The molecule has 0 atom stereocenters. The normalized spacial score (nSPS) is 10.9. The molecule has 2 N–H and O–H groups in total. The van der Waals surface area contributed by atoms with Crippen molar-refractivity contribution < 1.29 is 4.79 Å². The lowest BCUT2D eigenvalue weighted by atomic mass is 10.1. The molecule has 0 fully saturated rings. The second-order valence-corrected chi connectivity index (χ2v) is 7.35. The van der Waals surface area contributed by atoms with Crippen molar-refractivity contribution in [2.24, 2.45) is 7.05 Å². The number of nitrogens with zero attached hydrogens (tertiary/aromatic N) is 4. The van der Waals surface area contributed by atoms with E-state index in [-0.39, 0.29) is 5.91 Å². The van der Waals surface area contributed by atoms with Gasteiger partial charge >= 0.3 is 0 Å². The first-order valence-electron chi connectivity index (χ1n) is 10.1. The van der Waals surface area contributed by atoms with Crippen LogP contribution in [0.15, 0.2) is 85.8 Å². The predicted octanol–water partition coefficient (Wildman–Crippen LogP) is 5.05. The molecule has 0 aliphatic heterocycles. The van der Waals surface area contributed by atoms with E-state index < -0.39 is 0 Å². The number of hydrogen-bond donors (Lipinski definition) is 2. The molecule has 0 radical (unpaired) electrons. The minimum atomic E-state index is -0.276. The van der Waals surface area contributed by atoms with E-state index in [0.717, 1.165) is 38.8 Å². The maximum atomic E-state index is 11.8. The van der Waals surface area contributed by atoms with Gasteiger partial charge in [0, 0.05) is 53.2 Å². The molecule has 2 aromatic carbocycles. The number of aryl methyl sites for hydroxylation is 1. The molecular weight excluding hydrogens is 400 g/mol. The number of para-hydroxylation sites is 1. The summed E-state index contributed by atoms with van der Waals surface area (Å²) in [4.78, 5) is 25.3. The molecule has 7 heteroatoms.